The van der Waals surface area contributed by atoms with Crippen LogP contribution in [0.4, 0.5) is 19.3 Å². The first-order valence-corrected chi connectivity index (χ1v) is 16.4. The lowest BCUT2D eigenvalue weighted by molar-refractivity contribution is -0.129. The van der Waals surface area contributed by atoms with Crippen LogP contribution < -0.4 is 10.2 Å². The monoisotopic (exact) mass is 643 g/mol. The van der Waals surface area contributed by atoms with Gasteiger partial charge in [-0.3, -0.25) is 9.69 Å². The number of hydrogen-bond donors (Lipinski definition) is 2. The van der Waals surface area contributed by atoms with E-state index in [9.17, 15) is 31.9 Å². The number of carbonyl (C=O) groups is 2. The molecule has 1 fully saturated rings. The molecule has 12 heteroatoms. The first kappa shape index (κ1) is 34.0. The standard InChI is InChI=1S/C33H39F2N3O6S/c1-4-22(3)19-37(45(42,43)26-14-11-23(5-2)12-15-26)20-30(39)29(17-24-9-7-6-8-10-24)36-32(40)31-21-38(33(41)44-31)25-13-16-27(34)28(35)18-25/h6-16,18,22,29-31,39H,4-5,17,19-21H2,1-3H3,(H,36,40)/t22-,29-,30+,31-/m0/s1. The van der Waals surface area contributed by atoms with Crippen molar-refractivity contribution in [3.05, 3.63) is 95.6 Å². The van der Waals surface area contributed by atoms with Crippen LogP contribution in [0.3, 0.4) is 0 Å². The lowest BCUT2D eigenvalue weighted by atomic mass is 10.0. The molecule has 45 heavy (non-hydrogen) atoms. The highest BCUT2D eigenvalue weighted by molar-refractivity contribution is 7.89. The highest BCUT2D eigenvalue weighted by atomic mass is 32.2. The van der Waals surface area contributed by atoms with E-state index >= 15 is 0 Å². The van der Waals surface area contributed by atoms with E-state index in [1.165, 1.54) is 10.4 Å². The maximum atomic E-state index is 13.8. The molecule has 1 aliphatic rings. The molecule has 2 N–H and O–H groups in total. The van der Waals surface area contributed by atoms with Gasteiger partial charge in [0.25, 0.3) is 5.91 Å². The smallest absolute Gasteiger partial charge is 0.415 e. The van der Waals surface area contributed by atoms with Crippen LogP contribution in [0.2, 0.25) is 0 Å². The maximum absolute atomic E-state index is 13.8. The Labute approximate surface area is 262 Å². The second-order valence-corrected chi connectivity index (χ2v) is 13.2. The predicted octanol–water partition coefficient (Wildman–Crippen LogP) is 4.68. The summed E-state index contributed by atoms with van der Waals surface area (Å²) in [6.07, 6.45) is -1.95. The van der Waals surface area contributed by atoms with E-state index in [4.69, 9.17) is 4.74 Å². The van der Waals surface area contributed by atoms with Crippen molar-refractivity contribution < 1.29 is 36.6 Å². The molecular weight excluding hydrogens is 604 g/mol. The van der Waals surface area contributed by atoms with Crippen molar-refractivity contribution in [1.82, 2.24) is 9.62 Å². The van der Waals surface area contributed by atoms with E-state index in [1.54, 1.807) is 36.4 Å². The molecule has 4 atom stereocenters. The molecule has 0 aliphatic carbocycles. The van der Waals surface area contributed by atoms with Crippen molar-refractivity contribution in [1.29, 1.82) is 0 Å². The minimum absolute atomic E-state index is 0.00997. The lowest BCUT2D eigenvalue weighted by Crippen LogP contribution is -2.53. The van der Waals surface area contributed by atoms with Crippen molar-refractivity contribution in [3.8, 4) is 0 Å². The molecule has 0 bridgehead atoms. The van der Waals surface area contributed by atoms with Gasteiger partial charge in [-0.15, -0.1) is 0 Å². The molecule has 3 aromatic carbocycles. The Morgan fingerprint density at radius 1 is 1.02 bits per heavy atom. The Kier molecular flexibility index (Phi) is 11.3. The summed E-state index contributed by atoms with van der Waals surface area (Å²) in [7, 11) is -4.00. The first-order valence-electron chi connectivity index (χ1n) is 15.0. The summed E-state index contributed by atoms with van der Waals surface area (Å²) < 4.78 is 61.3. The number of rotatable bonds is 14. The number of hydrogen-bond acceptors (Lipinski definition) is 6. The zero-order valence-corrected chi connectivity index (χ0v) is 26.3. The average Bonchev–Trinajstić information content (AvgIpc) is 3.43. The molecule has 0 unspecified atom stereocenters. The molecule has 1 saturated heterocycles. The van der Waals surface area contributed by atoms with Crippen LogP contribution in [0.25, 0.3) is 0 Å². The molecule has 2 amide bonds. The third kappa shape index (κ3) is 8.44. The molecule has 0 radical (unpaired) electrons. The van der Waals surface area contributed by atoms with Gasteiger partial charge < -0.3 is 15.2 Å². The van der Waals surface area contributed by atoms with Gasteiger partial charge in [0.15, 0.2) is 17.7 Å². The number of aryl methyl sites for hydroxylation is 1. The van der Waals surface area contributed by atoms with Crippen LogP contribution in [-0.2, 0) is 32.4 Å². The number of nitrogens with zero attached hydrogens (tertiary/aromatic N) is 2. The normalized spacial score (nSPS) is 17.2. The predicted molar refractivity (Wildman–Crippen MR) is 166 cm³/mol. The van der Waals surface area contributed by atoms with Crippen LogP contribution in [0.5, 0.6) is 0 Å². The van der Waals surface area contributed by atoms with Crippen molar-refractivity contribution in [2.45, 2.75) is 63.2 Å². The summed E-state index contributed by atoms with van der Waals surface area (Å²) in [5, 5.41) is 14.3. The first-order chi connectivity index (χ1) is 21.4. The van der Waals surface area contributed by atoms with Crippen LogP contribution in [-0.4, -0.2) is 67.7 Å². The zero-order chi connectivity index (χ0) is 32.7. The van der Waals surface area contributed by atoms with Gasteiger partial charge in [-0.2, -0.15) is 4.31 Å². The van der Waals surface area contributed by atoms with E-state index in [1.807, 2.05) is 39.0 Å². The number of nitrogens with one attached hydrogen (secondary N) is 1. The van der Waals surface area contributed by atoms with Crippen LogP contribution in [0, 0.1) is 17.6 Å². The summed E-state index contributed by atoms with van der Waals surface area (Å²) in [4.78, 5) is 27.1. The summed E-state index contributed by atoms with van der Waals surface area (Å²) in [5.74, 6) is -2.97. The van der Waals surface area contributed by atoms with E-state index in [0.717, 1.165) is 34.6 Å². The topological polar surface area (TPSA) is 116 Å². The fourth-order valence-electron chi connectivity index (χ4n) is 5.02. The van der Waals surface area contributed by atoms with Crippen LogP contribution in [0.15, 0.2) is 77.7 Å². The quantitative estimate of drug-likeness (QED) is 0.264. The SMILES string of the molecule is CCc1ccc(S(=O)(=O)N(C[C@@H](C)CC)C[C@@H](O)[C@H](Cc2ccccc2)NC(=O)[C@@H]2CN(c3ccc(F)c(F)c3)C(=O)O2)cc1. The number of ether oxygens (including phenoxy) is 1. The minimum atomic E-state index is -4.00. The number of halogens is 2. The third-order valence-electron chi connectivity index (χ3n) is 7.98. The molecule has 1 heterocycles. The molecule has 1 aliphatic heterocycles. The second kappa shape index (κ2) is 14.9. The van der Waals surface area contributed by atoms with Gasteiger partial charge in [0.2, 0.25) is 10.0 Å². The van der Waals surface area contributed by atoms with Crippen molar-refractivity contribution in [3.63, 3.8) is 0 Å². The highest BCUT2D eigenvalue weighted by Crippen LogP contribution is 2.25. The number of cyclic esters (lactones) is 1. The van der Waals surface area contributed by atoms with Gasteiger partial charge in [0.05, 0.1) is 29.3 Å². The Morgan fingerprint density at radius 2 is 1.71 bits per heavy atom. The highest BCUT2D eigenvalue weighted by Gasteiger charge is 2.39. The molecule has 242 valence electrons. The fraction of sp³-hybridized carbons (Fsp3) is 0.394. The third-order valence-corrected chi connectivity index (χ3v) is 9.83. The minimum Gasteiger partial charge on any atom is -0.434 e. The Bertz CT molecular complexity index is 1570. The van der Waals surface area contributed by atoms with Crippen molar-refractivity contribution in [2.75, 3.05) is 24.5 Å². The number of anilines is 1. The van der Waals surface area contributed by atoms with Gasteiger partial charge >= 0.3 is 6.09 Å². The summed E-state index contributed by atoms with van der Waals surface area (Å²) in [6, 6.07) is 17.6. The molecule has 0 saturated carbocycles. The van der Waals surface area contributed by atoms with E-state index in [2.05, 4.69) is 5.32 Å². The summed E-state index contributed by atoms with van der Waals surface area (Å²) in [6.45, 7) is 5.43. The van der Waals surface area contributed by atoms with Gasteiger partial charge in [-0.05, 0) is 54.2 Å². The van der Waals surface area contributed by atoms with Crippen molar-refractivity contribution >= 4 is 27.7 Å². The van der Waals surface area contributed by atoms with Crippen molar-refractivity contribution in [2.24, 2.45) is 5.92 Å². The second-order valence-electron chi connectivity index (χ2n) is 11.3. The van der Waals surface area contributed by atoms with Gasteiger partial charge in [-0.1, -0.05) is 69.7 Å². The molecule has 0 spiro atoms. The molecule has 4 rings (SSSR count). The van der Waals surface area contributed by atoms with E-state index < -0.39 is 51.9 Å². The Balaban J connectivity index is 1.56. The average molecular weight is 644 g/mol. The molecule has 9 nitrogen and oxygen atoms in total. The molecule has 3 aromatic rings. The largest absolute Gasteiger partial charge is 0.434 e. The van der Waals surface area contributed by atoms with Crippen LogP contribution >= 0.6 is 0 Å². The van der Waals surface area contributed by atoms with Gasteiger partial charge in [0.1, 0.15) is 0 Å². The molecule has 0 aromatic heterocycles. The number of amides is 2. The van der Waals surface area contributed by atoms with Crippen LogP contribution in [0.1, 0.15) is 38.3 Å². The van der Waals surface area contributed by atoms with Gasteiger partial charge in [0, 0.05) is 19.2 Å². The maximum Gasteiger partial charge on any atom is 0.415 e. The van der Waals surface area contributed by atoms with E-state index in [0.29, 0.717) is 6.42 Å². The lowest BCUT2D eigenvalue weighted by Gasteiger charge is -2.31. The number of sulfonamides is 1. The van der Waals surface area contributed by atoms with Gasteiger partial charge in [-0.25, -0.2) is 22.0 Å². The molecular formula is C33H39F2N3O6S. The summed E-state index contributed by atoms with van der Waals surface area (Å²) in [5.41, 5.74) is 1.79. The fourth-order valence-corrected chi connectivity index (χ4v) is 6.60. The number of carbonyl (C=O) groups excluding carboxylic acids is 2. The zero-order valence-electron chi connectivity index (χ0n) is 25.5. The number of aliphatic hydroxyl groups excluding tert-OH is 1. The number of aliphatic hydroxyl groups is 1. The Hall–Kier alpha value is -3.87. The Morgan fingerprint density at radius 3 is 2.33 bits per heavy atom. The van der Waals surface area contributed by atoms with E-state index in [-0.39, 0.29) is 42.6 Å². The summed E-state index contributed by atoms with van der Waals surface area (Å²) >= 11 is 0. The number of benzene rings is 3.